The summed E-state index contributed by atoms with van der Waals surface area (Å²) in [7, 11) is 1.62. The van der Waals surface area contributed by atoms with E-state index in [-0.39, 0.29) is 5.75 Å². The van der Waals surface area contributed by atoms with Gasteiger partial charge in [-0.25, -0.2) is 4.98 Å². The molecule has 0 aliphatic carbocycles. The third-order valence-corrected chi connectivity index (χ3v) is 2.82. The third-order valence-electron chi connectivity index (χ3n) is 2.82. The second kappa shape index (κ2) is 7.44. The number of nitrogens with one attached hydrogen (secondary N) is 1. The van der Waals surface area contributed by atoms with Crippen LogP contribution in [0.4, 0.5) is 5.69 Å². The summed E-state index contributed by atoms with van der Waals surface area (Å²) >= 11 is 0. The first kappa shape index (κ1) is 15.1. The Morgan fingerprint density at radius 1 is 1.19 bits per heavy atom. The van der Waals surface area contributed by atoms with Crippen LogP contribution in [0.25, 0.3) is 0 Å². The number of hydrogen-bond acceptors (Lipinski definition) is 6. The molecule has 0 aliphatic heterocycles. The van der Waals surface area contributed by atoms with E-state index in [0.717, 1.165) is 11.4 Å². The molecule has 2 heterocycles. The summed E-state index contributed by atoms with van der Waals surface area (Å²) in [5, 5.41) is 12.9. The van der Waals surface area contributed by atoms with E-state index in [1.54, 1.807) is 31.5 Å². The van der Waals surface area contributed by atoms with E-state index in [4.69, 9.17) is 9.47 Å². The summed E-state index contributed by atoms with van der Waals surface area (Å²) in [6.45, 7) is 3.31. The number of methoxy groups -OCH3 is 1. The molecule has 6 heteroatoms. The molecule has 2 aromatic rings. The minimum Gasteiger partial charge on any atom is -0.506 e. The molecule has 112 valence electrons. The molecule has 0 fully saturated rings. The Balaban J connectivity index is 1.90. The molecule has 0 saturated carbocycles. The Morgan fingerprint density at radius 3 is 2.76 bits per heavy atom. The molecule has 0 amide bonds. The van der Waals surface area contributed by atoms with Crippen LogP contribution in [0.2, 0.25) is 0 Å². The maximum atomic E-state index is 9.73. The van der Waals surface area contributed by atoms with Gasteiger partial charge in [-0.1, -0.05) is 0 Å². The van der Waals surface area contributed by atoms with Crippen LogP contribution in [0, 0.1) is 6.92 Å². The van der Waals surface area contributed by atoms with Gasteiger partial charge in [0, 0.05) is 18.9 Å². The molecule has 0 radical (unpaired) electrons. The summed E-state index contributed by atoms with van der Waals surface area (Å²) in [6, 6.07) is 7.06. The highest BCUT2D eigenvalue weighted by Gasteiger charge is 2.03. The average Bonchev–Trinajstić information content (AvgIpc) is 2.50. The van der Waals surface area contributed by atoms with Crippen molar-refractivity contribution < 1.29 is 14.6 Å². The number of pyridine rings is 2. The van der Waals surface area contributed by atoms with Gasteiger partial charge in [0.2, 0.25) is 5.88 Å². The van der Waals surface area contributed by atoms with Gasteiger partial charge < -0.3 is 19.9 Å². The molecule has 2 N–H and O–H groups in total. The first-order chi connectivity index (χ1) is 10.2. The maximum Gasteiger partial charge on any atom is 0.213 e. The van der Waals surface area contributed by atoms with Crippen molar-refractivity contribution in [2.45, 2.75) is 13.5 Å². The molecule has 0 saturated heterocycles. The van der Waals surface area contributed by atoms with Gasteiger partial charge in [-0.2, -0.15) is 0 Å². The van der Waals surface area contributed by atoms with Gasteiger partial charge in [-0.3, -0.25) is 4.98 Å². The number of anilines is 1. The molecular formula is C15H19N3O3. The molecule has 0 aromatic carbocycles. The Hall–Kier alpha value is -2.34. The first-order valence-electron chi connectivity index (χ1n) is 6.66. The van der Waals surface area contributed by atoms with Crippen molar-refractivity contribution in [3.8, 4) is 11.6 Å². The van der Waals surface area contributed by atoms with Gasteiger partial charge in [-0.15, -0.1) is 0 Å². The Labute approximate surface area is 123 Å². The molecule has 0 atom stereocenters. The summed E-state index contributed by atoms with van der Waals surface area (Å²) in [4.78, 5) is 8.46. The van der Waals surface area contributed by atoms with Crippen LogP contribution >= 0.6 is 0 Å². The van der Waals surface area contributed by atoms with Gasteiger partial charge in [-0.05, 0) is 25.1 Å². The van der Waals surface area contributed by atoms with Gasteiger partial charge in [0.15, 0.2) is 0 Å². The number of rotatable bonds is 7. The summed E-state index contributed by atoms with van der Waals surface area (Å²) in [5.41, 5.74) is 2.30. The summed E-state index contributed by atoms with van der Waals surface area (Å²) in [6.07, 6.45) is 1.68. The molecule has 0 aliphatic rings. The SMILES string of the molecule is COCCOc1ccc(NCc2nc(C)ccc2O)cn1. The minimum atomic E-state index is 0.181. The predicted molar refractivity (Wildman–Crippen MR) is 79.6 cm³/mol. The van der Waals surface area contributed by atoms with Crippen molar-refractivity contribution >= 4 is 5.69 Å². The highest BCUT2D eigenvalue weighted by Crippen LogP contribution is 2.17. The van der Waals surface area contributed by atoms with Crippen LogP contribution in [0.5, 0.6) is 11.6 Å². The van der Waals surface area contributed by atoms with Crippen molar-refractivity contribution in [3.05, 3.63) is 41.9 Å². The van der Waals surface area contributed by atoms with Crippen LogP contribution in [0.3, 0.4) is 0 Å². The number of nitrogens with zero attached hydrogens (tertiary/aromatic N) is 2. The standard InChI is InChI=1S/C15H19N3O3/c1-11-3-5-14(19)13(18-11)10-16-12-4-6-15(17-9-12)21-8-7-20-2/h3-6,9,16,19H,7-8,10H2,1-2H3. The molecule has 21 heavy (non-hydrogen) atoms. The lowest BCUT2D eigenvalue weighted by atomic mass is 10.3. The Kier molecular flexibility index (Phi) is 5.34. The number of ether oxygens (including phenoxy) is 2. The van der Waals surface area contributed by atoms with Crippen LogP contribution in [0.1, 0.15) is 11.4 Å². The minimum absolute atomic E-state index is 0.181. The Morgan fingerprint density at radius 2 is 2.05 bits per heavy atom. The van der Waals surface area contributed by atoms with E-state index in [1.807, 2.05) is 13.0 Å². The van der Waals surface area contributed by atoms with E-state index in [0.29, 0.717) is 31.3 Å². The van der Waals surface area contributed by atoms with Gasteiger partial charge in [0.05, 0.1) is 25.0 Å². The average molecular weight is 289 g/mol. The normalized spacial score (nSPS) is 10.4. The van der Waals surface area contributed by atoms with Crippen molar-refractivity contribution in [2.75, 3.05) is 25.6 Å². The quantitative estimate of drug-likeness (QED) is 0.760. The van der Waals surface area contributed by atoms with Gasteiger partial charge >= 0.3 is 0 Å². The van der Waals surface area contributed by atoms with E-state index in [2.05, 4.69) is 15.3 Å². The number of aryl methyl sites for hydroxylation is 1. The van der Waals surface area contributed by atoms with Crippen molar-refractivity contribution in [3.63, 3.8) is 0 Å². The molecule has 0 bridgehead atoms. The molecule has 0 unspecified atom stereocenters. The van der Waals surface area contributed by atoms with E-state index < -0.39 is 0 Å². The van der Waals surface area contributed by atoms with E-state index >= 15 is 0 Å². The fraction of sp³-hybridized carbons (Fsp3) is 0.333. The molecule has 0 spiro atoms. The Bertz CT molecular complexity index is 573. The fourth-order valence-corrected chi connectivity index (χ4v) is 1.72. The monoisotopic (exact) mass is 289 g/mol. The molecule has 2 aromatic heterocycles. The van der Waals surface area contributed by atoms with Crippen LogP contribution < -0.4 is 10.1 Å². The lowest BCUT2D eigenvalue weighted by Gasteiger charge is -2.09. The maximum absolute atomic E-state index is 9.73. The largest absolute Gasteiger partial charge is 0.506 e. The van der Waals surface area contributed by atoms with Crippen molar-refractivity contribution in [1.29, 1.82) is 0 Å². The summed E-state index contributed by atoms with van der Waals surface area (Å²) < 4.78 is 10.3. The molecule has 6 nitrogen and oxygen atoms in total. The number of aromatic hydroxyl groups is 1. The lowest BCUT2D eigenvalue weighted by molar-refractivity contribution is 0.144. The number of hydrogen-bond donors (Lipinski definition) is 2. The van der Waals surface area contributed by atoms with Crippen molar-refractivity contribution in [2.24, 2.45) is 0 Å². The predicted octanol–water partition coefficient (Wildman–Crippen LogP) is 2.13. The second-order valence-electron chi connectivity index (χ2n) is 4.50. The molecular weight excluding hydrogens is 270 g/mol. The summed E-state index contributed by atoms with van der Waals surface area (Å²) in [5.74, 6) is 0.731. The third kappa shape index (κ3) is 4.61. The highest BCUT2D eigenvalue weighted by molar-refractivity contribution is 5.43. The van der Waals surface area contributed by atoms with E-state index in [1.165, 1.54) is 0 Å². The van der Waals surface area contributed by atoms with Crippen LogP contribution in [-0.4, -0.2) is 35.4 Å². The second-order valence-corrected chi connectivity index (χ2v) is 4.50. The fourth-order valence-electron chi connectivity index (χ4n) is 1.72. The zero-order valence-electron chi connectivity index (χ0n) is 12.2. The van der Waals surface area contributed by atoms with Gasteiger partial charge in [0.25, 0.3) is 0 Å². The van der Waals surface area contributed by atoms with Gasteiger partial charge in [0.1, 0.15) is 18.1 Å². The van der Waals surface area contributed by atoms with E-state index in [9.17, 15) is 5.11 Å². The smallest absolute Gasteiger partial charge is 0.213 e. The first-order valence-corrected chi connectivity index (χ1v) is 6.66. The molecule has 2 rings (SSSR count). The van der Waals surface area contributed by atoms with Crippen LogP contribution in [-0.2, 0) is 11.3 Å². The number of aromatic nitrogens is 2. The zero-order valence-corrected chi connectivity index (χ0v) is 12.2. The zero-order chi connectivity index (χ0) is 15.1. The topological polar surface area (TPSA) is 76.5 Å². The highest BCUT2D eigenvalue weighted by atomic mass is 16.5. The van der Waals surface area contributed by atoms with Crippen LogP contribution in [0.15, 0.2) is 30.5 Å². The van der Waals surface area contributed by atoms with Crippen molar-refractivity contribution in [1.82, 2.24) is 9.97 Å². The lowest BCUT2D eigenvalue weighted by Crippen LogP contribution is -2.06.